The van der Waals surface area contributed by atoms with Crippen molar-refractivity contribution >= 4 is 22.8 Å². The van der Waals surface area contributed by atoms with Crippen molar-refractivity contribution < 1.29 is 14.6 Å². The van der Waals surface area contributed by atoms with E-state index in [4.69, 9.17) is 4.74 Å². The Bertz CT molecular complexity index is 973. The highest BCUT2D eigenvalue weighted by Crippen LogP contribution is 2.38. The first-order chi connectivity index (χ1) is 13.0. The number of anilines is 1. The van der Waals surface area contributed by atoms with Gasteiger partial charge in [-0.25, -0.2) is 5.01 Å². The number of fused-ring (bicyclic) bond motifs is 1. The maximum absolute atomic E-state index is 11.5. The van der Waals surface area contributed by atoms with Gasteiger partial charge in [0.15, 0.2) is 0 Å². The fourth-order valence-corrected chi connectivity index (χ4v) is 3.25. The lowest BCUT2D eigenvalue weighted by Gasteiger charge is -2.34. The average molecular weight is 366 g/mol. The lowest BCUT2D eigenvalue weighted by atomic mass is 9.98. The summed E-state index contributed by atoms with van der Waals surface area (Å²) in [5.74, 6) is 0. The van der Waals surface area contributed by atoms with Crippen LogP contribution in [0, 0.1) is 20.2 Å². The van der Waals surface area contributed by atoms with Gasteiger partial charge < -0.3 is 4.74 Å². The van der Waals surface area contributed by atoms with Crippen LogP contribution >= 0.6 is 0 Å². The molecule has 2 atom stereocenters. The minimum absolute atomic E-state index is 0.184. The number of hydrazone groups is 1. The lowest BCUT2D eigenvalue weighted by molar-refractivity contribution is -0.393. The van der Waals surface area contributed by atoms with Crippen molar-refractivity contribution in [2.24, 2.45) is 5.10 Å². The van der Waals surface area contributed by atoms with Gasteiger partial charge in [0.2, 0.25) is 0 Å². The Balaban J connectivity index is 1.84. The van der Waals surface area contributed by atoms with Gasteiger partial charge in [-0.3, -0.25) is 20.2 Å². The van der Waals surface area contributed by atoms with E-state index in [-0.39, 0.29) is 29.2 Å². The molecule has 0 N–H and O–H groups in total. The Hall–Kier alpha value is -3.75. The molecule has 2 aromatic rings. The van der Waals surface area contributed by atoms with Gasteiger partial charge in [-0.05, 0) is 17.7 Å². The van der Waals surface area contributed by atoms with Gasteiger partial charge in [0.25, 0.3) is 5.69 Å². The number of nitro groups is 2. The lowest BCUT2D eigenvalue weighted by Crippen LogP contribution is -2.44. The molecule has 0 aliphatic carbocycles. The van der Waals surface area contributed by atoms with Crippen LogP contribution in [0.4, 0.5) is 17.1 Å². The number of hydrogen-bond acceptors (Lipinski definition) is 7. The average Bonchev–Trinajstić information content (AvgIpc) is 3.16. The molecule has 27 heavy (non-hydrogen) atoms. The summed E-state index contributed by atoms with van der Waals surface area (Å²) in [6, 6.07) is 12.7. The van der Waals surface area contributed by atoms with Gasteiger partial charge in [0.1, 0.15) is 17.8 Å². The van der Waals surface area contributed by atoms with E-state index in [0.717, 1.165) is 17.3 Å². The molecule has 9 nitrogen and oxygen atoms in total. The number of nitro benzene ring substituents is 2. The molecule has 0 radical (unpaired) electrons. The molecule has 2 heterocycles. The van der Waals surface area contributed by atoms with Crippen molar-refractivity contribution in [3.63, 3.8) is 0 Å². The molecule has 0 amide bonds. The summed E-state index contributed by atoms with van der Waals surface area (Å²) in [6.45, 7) is 0. The zero-order valence-corrected chi connectivity index (χ0v) is 14.0. The van der Waals surface area contributed by atoms with E-state index in [1.165, 1.54) is 17.1 Å². The van der Waals surface area contributed by atoms with Gasteiger partial charge in [0, 0.05) is 12.5 Å². The SMILES string of the molecule is O=[N+]([O-])c1ccc(N2N=C(c3ccccc3)CC3OC=CC32)c([N+](=O)[O-])c1. The summed E-state index contributed by atoms with van der Waals surface area (Å²) in [4.78, 5) is 21.2. The van der Waals surface area contributed by atoms with Crippen molar-refractivity contribution in [1.82, 2.24) is 0 Å². The van der Waals surface area contributed by atoms with Crippen molar-refractivity contribution in [3.05, 3.63) is 86.7 Å². The van der Waals surface area contributed by atoms with Gasteiger partial charge in [-0.15, -0.1) is 0 Å². The van der Waals surface area contributed by atoms with E-state index >= 15 is 0 Å². The molecular formula is C18H14N4O5. The number of hydrogen-bond donors (Lipinski definition) is 0. The molecule has 136 valence electrons. The largest absolute Gasteiger partial charge is 0.495 e. The topological polar surface area (TPSA) is 111 Å². The first-order valence-corrected chi connectivity index (χ1v) is 8.21. The fraction of sp³-hybridized carbons (Fsp3) is 0.167. The van der Waals surface area contributed by atoms with Crippen LogP contribution in [0.1, 0.15) is 12.0 Å². The summed E-state index contributed by atoms with van der Waals surface area (Å²) in [5.41, 5.74) is 1.09. The van der Waals surface area contributed by atoms with E-state index in [1.807, 2.05) is 30.3 Å². The smallest absolute Gasteiger partial charge is 0.301 e. The van der Waals surface area contributed by atoms with Crippen LogP contribution in [0.5, 0.6) is 0 Å². The molecule has 2 aliphatic rings. The monoisotopic (exact) mass is 366 g/mol. The van der Waals surface area contributed by atoms with E-state index in [9.17, 15) is 20.2 Å². The third-order valence-electron chi connectivity index (χ3n) is 4.54. The molecular weight excluding hydrogens is 352 g/mol. The maximum atomic E-state index is 11.5. The zero-order valence-electron chi connectivity index (χ0n) is 14.0. The van der Waals surface area contributed by atoms with Crippen molar-refractivity contribution in [1.29, 1.82) is 0 Å². The minimum Gasteiger partial charge on any atom is -0.495 e. The van der Waals surface area contributed by atoms with E-state index < -0.39 is 9.85 Å². The van der Waals surface area contributed by atoms with Gasteiger partial charge >= 0.3 is 5.69 Å². The summed E-state index contributed by atoms with van der Waals surface area (Å²) >= 11 is 0. The molecule has 0 saturated heterocycles. The molecule has 0 aromatic heterocycles. The van der Waals surface area contributed by atoms with Crippen LogP contribution < -0.4 is 5.01 Å². The standard InChI is InChI=1S/C18H14N4O5/c23-21(24)13-6-7-15(17(10-13)22(25)26)20-16-8-9-27-18(16)11-14(19-20)12-4-2-1-3-5-12/h1-10,16,18H,11H2. The van der Waals surface area contributed by atoms with E-state index in [0.29, 0.717) is 6.42 Å². The highest BCUT2D eigenvalue weighted by molar-refractivity contribution is 6.02. The third kappa shape index (κ3) is 2.99. The van der Waals surface area contributed by atoms with Crippen molar-refractivity contribution in [2.45, 2.75) is 18.6 Å². The Morgan fingerprint density at radius 1 is 1.07 bits per heavy atom. The first-order valence-electron chi connectivity index (χ1n) is 8.21. The number of nitrogens with zero attached hydrogens (tertiary/aromatic N) is 4. The summed E-state index contributed by atoms with van der Waals surface area (Å²) in [7, 11) is 0. The molecule has 2 unspecified atom stereocenters. The van der Waals surface area contributed by atoms with Crippen LogP contribution in [-0.4, -0.2) is 27.7 Å². The van der Waals surface area contributed by atoms with Gasteiger partial charge in [-0.2, -0.15) is 5.10 Å². The number of non-ortho nitro benzene ring substituents is 1. The van der Waals surface area contributed by atoms with Crippen LogP contribution in [0.25, 0.3) is 0 Å². The Morgan fingerprint density at radius 2 is 1.85 bits per heavy atom. The Kier molecular flexibility index (Phi) is 4.03. The predicted octanol–water partition coefficient (Wildman–Crippen LogP) is 3.40. The summed E-state index contributed by atoms with van der Waals surface area (Å²) in [6.07, 6.45) is 3.65. The Labute approximate surface area is 153 Å². The highest BCUT2D eigenvalue weighted by Gasteiger charge is 2.39. The molecule has 0 bridgehead atoms. The van der Waals surface area contributed by atoms with Gasteiger partial charge in [-0.1, -0.05) is 30.3 Å². The zero-order chi connectivity index (χ0) is 19.0. The van der Waals surface area contributed by atoms with Crippen molar-refractivity contribution in [2.75, 3.05) is 5.01 Å². The van der Waals surface area contributed by atoms with Gasteiger partial charge in [0.05, 0.1) is 27.9 Å². The summed E-state index contributed by atoms with van der Waals surface area (Å²) in [5, 5.41) is 28.7. The number of benzene rings is 2. The van der Waals surface area contributed by atoms with Crippen LogP contribution in [0.15, 0.2) is 66.0 Å². The second kappa shape index (κ2) is 6.52. The second-order valence-corrected chi connectivity index (χ2v) is 6.14. The van der Waals surface area contributed by atoms with Crippen LogP contribution in [0.3, 0.4) is 0 Å². The number of rotatable bonds is 4. The normalized spacial score (nSPS) is 20.6. The van der Waals surface area contributed by atoms with Crippen LogP contribution in [-0.2, 0) is 4.74 Å². The second-order valence-electron chi connectivity index (χ2n) is 6.14. The fourth-order valence-electron chi connectivity index (χ4n) is 3.25. The highest BCUT2D eigenvalue weighted by atomic mass is 16.6. The molecule has 0 spiro atoms. The molecule has 0 fully saturated rings. The third-order valence-corrected chi connectivity index (χ3v) is 4.54. The maximum Gasteiger partial charge on any atom is 0.301 e. The molecule has 2 aromatic carbocycles. The molecule has 9 heteroatoms. The first kappa shape index (κ1) is 16.7. The molecule has 0 saturated carbocycles. The Morgan fingerprint density at radius 3 is 2.56 bits per heavy atom. The van der Waals surface area contributed by atoms with Crippen LogP contribution in [0.2, 0.25) is 0 Å². The minimum atomic E-state index is -0.660. The summed E-state index contributed by atoms with van der Waals surface area (Å²) < 4.78 is 5.64. The van der Waals surface area contributed by atoms with E-state index in [2.05, 4.69) is 5.10 Å². The molecule has 4 rings (SSSR count). The number of ether oxygens (including phenoxy) is 1. The quantitative estimate of drug-likeness (QED) is 0.606. The molecule has 2 aliphatic heterocycles. The van der Waals surface area contributed by atoms with Crippen molar-refractivity contribution in [3.8, 4) is 0 Å². The van der Waals surface area contributed by atoms with E-state index in [1.54, 1.807) is 12.3 Å². The predicted molar refractivity (Wildman–Crippen MR) is 97.6 cm³/mol.